The number of aryl methyl sites for hydroxylation is 2. The molecular weight excluding hydrogens is 295 g/mol. The van der Waals surface area contributed by atoms with Crippen molar-refractivity contribution >= 4 is 15.8 Å². The van der Waals surface area contributed by atoms with Crippen molar-refractivity contribution in [2.24, 2.45) is 0 Å². The fourth-order valence-electron chi connectivity index (χ4n) is 1.93. The lowest BCUT2D eigenvalue weighted by Gasteiger charge is -2.10. The summed E-state index contributed by atoms with van der Waals surface area (Å²) in [4.78, 5) is 3.96. The Kier molecular flexibility index (Phi) is 4.24. The van der Waals surface area contributed by atoms with Gasteiger partial charge < -0.3 is 5.11 Å². The fourth-order valence-corrected chi connectivity index (χ4v) is 2.97. The smallest absolute Gasteiger partial charge is 0.263 e. The normalized spacial score (nSPS) is 11.4. The van der Waals surface area contributed by atoms with Crippen LogP contribution in [0.1, 0.15) is 16.8 Å². The van der Waals surface area contributed by atoms with Gasteiger partial charge in [-0.1, -0.05) is 0 Å². The molecule has 7 heteroatoms. The summed E-state index contributed by atoms with van der Waals surface area (Å²) in [6, 6.07) is 6.66. The van der Waals surface area contributed by atoms with Gasteiger partial charge in [-0.3, -0.25) is 4.72 Å². The second kappa shape index (κ2) is 5.79. The maximum Gasteiger partial charge on any atom is 0.263 e. The van der Waals surface area contributed by atoms with E-state index < -0.39 is 22.4 Å². The molecular formula is C14H15FN2O3S. The molecule has 0 amide bonds. The molecule has 1 aromatic heterocycles. The van der Waals surface area contributed by atoms with Gasteiger partial charge in [0.15, 0.2) is 0 Å². The molecule has 0 radical (unpaired) electrons. The molecule has 5 nitrogen and oxygen atoms in total. The molecule has 0 unspecified atom stereocenters. The molecule has 0 aliphatic heterocycles. The average Bonchev–Trinajstić information content (AvgIpc) is 2.37. The van der Waals surface area contributed by atoms with E-state index in [0.29, 0.717) is 5.69 Å². The molecule has 2 aromatic rings. The molecule has 112 valence electrons. The van der Waals surface area contributed by atoms with Crippen molar-refractivity contribution in [2.75, 3.05) is 4.72 Å². The van der Waals surface area contributed by atoms with Gasteiger partial charge in [0.1, 0.15) is 11.6 Å². The number of nitrogens with zero attached hydrogens (tertiary/aromatic N) is 1. The lowest BCUT2D eigenvalue weighted by molar-refractivity contribution is 0.275. The van der Waals surface area contributed by atoms with Crippen LogP contribution in [-0.2, 0) is 16.6 Å². The maximum atomic E-state index is 13.3. The predicted octanol–water partition coefficient (Wildman–Crippen LogP) is 2.13. The summed E-state index contributed by atoms with van der Waals surface area (Å²) in [6.07, 6.45) is 0. The zero-order valence-electron chi connectivity index (χ0n) is 11.6. The number of nitrogens with one attached hydrogen (secondary N) is 1. The SMILES string of the molecule is Cc1cc(C)nc(NS(=O)(=O)c2ccc(F)c(CO)c2)c1. The molecule has 1 aromatic carbocycles. The van der Waals surface area contributed by atoms with Gasteiger partial charge in [-0.25, -0.2) is 17.8 Å². The van der Waals surface area contributed by atoms with Crippen LogP contribution in [0.15, 0.2) is 35.2 Å². The highest BCUT2D eigenvalue weighted by atomic mass is 32.2. The highest BCUT2D eigenvalue weighted by Gasteiger charge is 2.17. The average molecular weight is 310 g/mol. The van der Waals surface area contributed by atoms with Crippen molar-refractivity contribution in [2.45, 2.75) is 25.3 Å². The van der Waals surface area contributed by atoms with Crippen LogP contribution < -0.4 is 4.72 Å². The van der Waals surface area contributed by atoms with E-state index in [4.69, 9.17) is 5.11 Å². The van der Waals surface area contributed by atoms with Crippen LogP contribution in [0.5, 0.6) is 0 Å². The minimum absolute atomic E-state index is 0.0775. The Morgan fingerprint density at radius 2 is 1.95 bits per heavy atom. The molecule has 0 saturated heterocycles. The minimum Gasteiger partial charge on any atom is -0.392 e. The van der Waals surface area contributed by atoms with E-state index in [1.54, 1.807) is 13.0 Å². The van der Waals surface area contributed by atoms with Gasteiger partial charge in [-0.15, -0.1) is 0 Å². The van der Waals surface area contributed by atoms with Gasteiger partial charge in [0.2, 0.25) is 0 Å². The van der Waals surface area contributed by atoms with E-state index in [1.807, 2.05) is 13.0 Å². The highest BCUT2D eigenvalue weighted by molar-refractivity contribution is 7.92. The van der Waals surface area contributed by atoms with E-state index in [2.05, 4.69) is 9.71 Å². The molecule has 2 N–H and O–H groups in total. The Morgan fingerprint density at radius 3 is 2.57 bits per heavy atom. The quantitative estimate of drug-likeness (QED) is 0.906. The van der Waals surface area contributed by atoms with Gasteiger partial charge in [-0.2, -0.15) is 0 Å². The maximum absolute atomic E-state index is 13.3. The zero-order chi connectivity index (χ0) is 15.6. The Bertz CT molecular complexity index is 756. The van der Waals surface area contributed by atoms with E-state index >= 15 is 0 Å². The first-order chi connectivity index (χ1) is 9.81. The summed E-state index contributed by atoms with van der Waals surface area (Å²) >= 11 is 0. The molecule has 0 aliphatic rings. The summed E-state index contributed by atoms with van der Waals surface area (Å²) in [7, 11) is -3.89. The van der Waals surface area contributed by atoms with Crippen LogP contribution in [-0.4, -0.2) is 18.5 Å². The number of sulfonamides is 1. The van der Waals surface area contributed by atoms with Gasteiger partial charge in [0.25, 0.3) is 10.0 Å². The summed E-state index contributed by atoms with van der Waals surface area (Å²) in [5, 5.41) is 9.00. The number of aliphatic hydroxyl groups excluding tert-OH is 1. The summed E-state index contributed by atoms with van der Waals surface area (Å²) < 4.78 is 40.1. The molecule has 0 atom stereocenters. The van der Waals surface area contributed by atoms with Gasteiger partial charge in [0.05, 0.1) is 11.5 Å². The molecule has 0 fully saturated rings. The summed E-state index contributed by atoms with van der Waals surface area (Å²) in [5.41, 5.74) is 1.48. The fraction of sp³-hybridized carbons (Fsp3) is 0.214. The largest absolute Gasteiger partial charge is 0.392 e. The Hall–Kier alpha value is -1.99. The van der Waals surface area contributed by atoms with Crippen molar-refractivity contribution in [3.63, 3.8) is 0 Å². The van der Waals surface area contributed by atoms with Crippen LogP contribution in [0.3, 0.4) is 0 Å². The van der Waals surface area contributed by atoms with Crippen LogP contribution in [0.2, 0.25) is 0 Å². The van der Waals surface area contributed by atoms with Crippen LogP contribution in [0, 0.1) is 19.7 Å². The van der Waals surface area contributed by atoms with Crippen molar-refractivity contribution in [3.05, 3.63) is 53.0 Å². The van der Waals surface area contributed by atoms with E-state index in [0.717, 1.165) is 23.8 Å². The highest BCUT2D eigenvalue weighted by Crippen LogP contribution is 2.19. The third-order valence-electron chi connectivity index (χ3n) is 2.83. The first kappa shape index (κ1) is 15.4. The second-order valence-electron chi connectivity index (χ2n) is 4.69. The van der Waals surface area contributed by atoms with Crippen LogP contribution >= 0.6 is 0 Å². The number of hydrogen-bond donors (Lipinski definition) is 2. The number of aromatic nitrogens is 1. The number of anilines is 1. The third-order valence-corrected chi connectivity index (χ3v) is 4.19. The predicted molar refractivity (Wildman–Crippen MR) is 76.8 cm³/mol. The van der Waals surface area contributed by atoms with Crippen molar-refractivity contribution in [1.82, 2.24) is 4.98 Å². The number of halogens is 1. The van der Waals surface area contributed by atoms with E-state index in [-0.39, 0.29) is 16.3 Å². The molecule has 1 heterocycles. The third kappa shape index (κ3) is 3.56. The number of benzene rings is 1. The van der Waals surface area contributed by atoms with Crippen LogP contribution in [0.4, 0.5) is 10.2 Å². The molecule has 0 saturated carbocycles. The van der Waals surface area contributed by atoms with Crippen molar-refractivity contribution in [1.29, 1.82) is 0 Å². The zero-order valence-corrected chi connectivity index (χ0v) is 12.4. The molecule has 2 rings (SSSR count). The van der Waals surface area contributed by atoms with E-state index in [1.165, 1.54) is 0 Å². The monoisotopic (exact) mass is 310 g/mol. The first-order valence-electron chi connectivity index (χ1n) is 6.19. The topological polar surface area (TPSA) is 79.3 Å². The standard InChI is InChI=1S/C14H15FN2O3S/c1-9-5-10(2)16-14(6-9)17-21(19,20)12-3-4-13(15)11(7-12)8-18/h3-7,18H,8H2,1-2H3,(H,16,17). The molecule has 21 heavy (non-hydrogen) atoms. The Morgan fingerprint density at radius 1 is 1.24 bits per heavy atom. The Balaban J connectivity index is 2.38. The minimum atomic E-state index is -3.89. The van der Waals surface area contributed by atoms with Crippen LogP contribution in [0.25, 0.3) is 0 Å². The van der Waals surface area contributed by atoms with Gasteiger partial charge >= 0.3 is 0 Å². The van der Waals surface area contributed by atoms with Gasteiger partial charge in [0, 0.05) is 11.3 Å². The molecule has 0 spiro atoms. The number of pyridine rings is 1. The van der Waals surface area contributed by atoms with E-state index in [9.17, 15) is 12.8 Å². The number of aliphatic hydroxyl groups is 1. The number of rotatable bonds is 4. The molecule has 0 aliphatic carbocycles. The number of hydrogen-bond acceptors (Lipinski definition) is 4. The first-order valence-corrected chi connectivity index (χ1v) is 7.67. The lowest BCUT2D eigenvalue weighted by Crippen LogP contribution is -2.15. The molecule has 0 bridgehead atoms. The lowest BCUT2D eigenvalue weighted by atomic mass is 10.2. The van der Waals surface area contributed by atoms with Gasteiger partial charge in [-0.05, 0) is 49.7 Å². The summed E-state index contributed by atoms with van der Waals surface area (Å²) in [6.45, 7) is 3.01. The Labute approximate surface area is 122 Å². The summed E-state index contributed by atoms with van der Waals surface area (Å²) in [5.74, 6) is -0.455. The van der Waals surface area contributed by atoms with Crippen molar-refractivity contribution < 1.29 is 17.9 Å². The van der Waals surface area contributed by atoms with Crippen molar-refractivity contribution in [3.8, 4) is 0 Å². The second-order valence-corrected chi connectivity index (χ2v) is 6.37.